The van der Waals surface area contributed by atoms with Gasteiger partial charge in [-0.25, -0.2) is 8.42 Å². The molecule has 1 heterocycles. The highest BCUT2D eigenvalue weighted by Gasteiger charge is 2.26. The Hall–Kier alpha value is -2.19. The van der Waals surface area contributed by atoms with Crippen LogP contribution >= 0.6 is 15.9 Å². The van der Waals surface area contributed by atoms with Gasteiger partial charge in [-0.2, -0.15) is 0 Å². The molecule has 0 spiro atoms. The normalized spacial score (nSPS) is 13.3. The van der Waals surface area contributed by atoms with Crippen molar-refractivity contribution in [2.45, 2.75) is 38.0 Å². The summed E-state index contributed by atoms with van der Waals surface area (Å²) in [7, 11) is -3.60. The van der Waals surface area contributed by atoms with Crippen molar-refractivity contribution in [2.75, 3.05) is 22.5 Å². The third-order valence-electron chi connectivity index (χ3n) is 4.97. The summed E-state index contributed by atoms with van der Waals surface area (Å²) in [6.07, 6.45) is 0.912. The standard InChI is InChI=1S/C21H23BrN2O4S/c1-3-21(26)24-10-8-15-13-17(5-7-19(15)24)29(27,28)11-9-20(25)23-18-6-4-16(22)12-14(18)2/h4-7,12-13H,3,8-11H2,1-2H3,(H,23,25). The summed E-state index contributed by atoms with van der Waals surface area (Å²) in [5, 5.41) is 2.76. The van der Waals surface area contributed by atoms with Crippen LogP contribution in [0, 0.1) is 6.92 Å². The number of hydrogen-bond donors (Lipinski definition) is 1. The first-order chi connectivity index (χ1) is 13.7. The van der Waals surface area contributed by atoms with Crippen LogP contribution in [0.15, 0.2) is 45.8 Å². The summed E-state index contributed by atoms with van der Waals surface area (Å²) in [6.45, 7) is 4.24. The SMILES string of the molecule is CCC(=O)N1CCc2cc(S(=O)(=O)CCC(=O)Nc3ccc(Br)cc3C)ccc21. The summed E-state index contributed by atoms with van der Waals surface area (Å²) in [5.41, 5.74) is 3.18. The van der Waals surface area contributed by atoms with Crippen molar-refractivity contribution in [2.24, 2.45) is 0 Å². The van der Waals surface area contributed by atoms with Crippen molar-refractivity contribution in [1.82, 2.24) is 0 Å². The van der Waals surface area contributed by atoms with E-state index in [-0.39, 0.29) is 28.9 Å². The molecule has 0 radical (unpaired) electrons. The van der Waals surface area contributed by atoms with Crippen molar-refractivity contribution in [1.29, 1.82) is 0 Å². The number of carbonyl (C=O) groups excluding carboxylic acids is 2. The Morgan fingerprint density at radius 2 is 1.93 bits per heavy atom. The first-order valence-electron chi connectivity index (χ1n) is 9.43. The van der Waals surface area contributed by atoms with Gasteiger partial charge in [0.1, 0.15) is 0 Å². The quantitative estimate of drug-likeness (QED) is 0.682. The Kier molecular flexibility index (Phi) is 6.43. The number of benzene rings is 2. The summed E-state index contributed by atoms with van der Waals surface area (Å²) in [6, 6.07) is 10.3. The molecule has 0 fully saturated rings. The third-order valence-corrected chi connectivity index (χ3v) is 7.18. The largest absolute Gasteiger partial charge is 0.326 e. The van der Waals surface area contributed by atoms with Crippen LogP contribution in [0.4, 0.5) is 11.4 Å². The van der Waals surface area contributed by atoms with Crippen LogP contribution in [-0.4, -0.2) is 32.5 Å². The molecule has 0 aromatic heterocycles. The predicted molar refractivity (Wildman–Crippen MR) is 117 cm³/mol. The average Bonchev–Trinajstić information content (AvgIpc) is 3.11. The lowest BCUT2D eigenvalue weighted by Gasteiger charge is -2.16. The van der Waals surface area contributed by atoms with Gasteiger partial charge in [-0.05, 0) is 60.9 Å². The first kappa shape index (κ1) is 21.5. The maximum Gasteiger partial charge on any atom is 0.226 e. The molecule has 2 aromatic rings. The number of aryl methyl sites for hydroxylation is 1. The molecule has 0 saturated heterocycles. The van der Waals surface area contributed by atoms with E-state index < -0.39 is 9.84 Å². The zero-order chi connectivity index (χ0) is 21.2. The van der Waals surface area contributed by atoms with Crippen molar-refractivity contribution in [3.8, 4) is 0 Å². The van der Waals surface area contributed by atoms with Crippen LogP contribution in [0.5, 0.6) is 0 Å². The highest BCUT2D eigenvalue weighted by atomic mass is 79.9. The van der Waals surface area contributed by atoms with E-state index in [1.165, 1.54) is 6.07 Å². The van der Waals surface area contributed by atoms with E-state index in [1.54, 1.807) is 30.0 Å². The smallest absolute Gasteiger partial charge is 0.226 e. The first-order valence-corrected chi connectivity index (χ1v) is 11.9. The molecular weight excluding hydrogens is 456 g/mol. The van der Waals surface area contributed by atoms with Crippen molar-refractivity contribution in [3.63, 3.8) is 0 Å². The minimum atomic E-state index is -3.60. The number of anilines is 2. The maximum absolute atomic E-state index is 12.7. The second-order valence-corrected chi connectivity index (χ2v) is 10.0. The Labute approximate surface area is 179 Å². The number of carbonyl (C=O) groups is 2. The van der Waals surface area contributed by atoms with Gasteiger partial charge in [0, 0.05) is 35.2 Å². The Morgan fingerprint density at radius 1 is 1.17 bits per heavy atom. The lowest BCUT2D eigenvalue weighted by atomic mass is 10.2. The number of nitrogens with zero attached hydrogens (tertiary/aromatic N) is 1. The number of hydrogen-bond acceptors (Lipinski definition) is 4. The van der Waals surface area contributed by atoms with Crippen molar-refractivity contribution < 1.29 is 18.0 Å². The molecule has 0 aliphatic carbocycles. The molecule has 0 atom stereocenters. The van der Waals surface area contributed by atoms with Gasteiger partial charge >= 0.3 is 0 Å². The van der Waals surface area contributed by atoms with E-state index in [0.717, 1.165) is 21.3 Å². The average molecular weight is 479 g/mol. The second-order valence-electron chi connectivity index (χ2n) is 7.02. The van der Waals surface area contributed by atoms with E-state index in [9.17, 15) is 18.0 Å². The van der Waals surface area contributed by atoms with E-state index in [4.69, 9.17) is 0 Å². The predicted octanol–water partition coefficient (Wildman–Crippen LogP) is 3.86. The summed E-state index contributed by atoms with van der Waals surface area (Å²) < 4.78 is 26.3. The summed E-state index contributed by atoms with van der Waals surface area (Å²) in [5.74, 6) is -0.593. The monoisotopic (exact) mass is 478 g/mol. The number of amides is 2. The lowest BCUT2D eigenvalue weighted by molar-refractivity contribution is -0.118. The van der Waals surface area contributed by atoms with Gasteiger partial charge in [0.15, 0.2) is 9.84 Å². The van der Waals surface area contributed by atoms with Gasteiger partial charge in [-0.15, -0.1) is 0 Å². The van der Waals surface area contributed by atoms with Gasteiger partial charge in [-0.3, -0.25) is 9.59 Å². The highest BCUT2D eigenvalue weighted by molar-refractivity contribution is 9.10. The summed E-state index contributed by atoms with van der Waals surface area (Å²) in [4.78, 5) is 26.1. The fourth-order valence-electron chi connectivity index (χ4n) is 3.35. The van der Waals surface area contributed by atoms with Gasteiger partial charge in [0.05, 0.1) is 10.6 Å². The Morgan fingerprint density at radius 3 is 2.62 bits per heavy atom. The number of fused-ring (bicyclic) bond motifs is 1. The molecule has 1 N–H and O–H groups in total. The highest BCUT2D eigenvalue weighted by Crippen LogP contribution is 2.31. The zero-order valence-corrected chi connectivity index (χ0v) is 18.8. The minimum Gasteiger partial charge on any atom is -0.326 e. The van der Waals surface area contributed by atoms with Gasteiger partial charge < -0.3 is 10.2 Å². The fraction of sp³-hybridized carbons (Fsp3) is 0.333. The van der Waals surface area contributed by atoms with Gasteiger partial charge in [0.2, 0.25) is 11.8 Å². The van der Waals surface area contributed by atoms with Crippen LogP contribution in [0.1, 0.15) is 30.9 Å². The molecule has 8 heteroatoms. The van der Waals surface area contributed by atoms with E-state index in [2.05, 4.69) is 21.2 Å². The maximum atomic E-state index is 12.7. The van der Waals surface area contributed by atoms with Crippen LogP contribution in [0.3, 0.4) is 0 Å². The Balaban J connectivity index is 1.67. The lowest BCUT2D eigenvalue weighted by Crippen LogP contribution is -2.27. The molecule has 2 amide bonds. The fourth-order valence-corrected chi connectivity index (χ4v) is 5.11. The van der Waals surface area contributed by atoms with Crippen LogP contribution in [0.2, 0.25) is 0 Å². The van der Waals surface area contributed by atoms with E-state index >= 15 is 0 Å². The molecule has 0 unspecified atom stereocenters. The Bertz CT molecular complexity index is 1070. The van der Waals surface area contributed by atoms with Crippen LogP contribution < -0.4 is 10.2 Å². The van der Waals surface area contributed by atoms with Crippen molar-refractivity contribution >= 4 is 49.0 Å². The number of nitrogens with one attached hydrogen (secondary N) is 1. The van der Waals surface area contributed by atoms with Gasteiger partial charge in [-0.1, -0.05) is 22.9 Å². The molecule has 2 aromatic carbocycles. The molecule has 154 valence electrons. The molecular formula is C21H23BrN2O4S. The molecule has 0 saturated carbocycles. The molecule has 1 aliphatic rings. The number of halogens is 1. The molecule has 1 aliphatic heterocycles. The van der Waals surface area contributed by atoms with E-state index in [0.29, 0.717) is 25.1 Å². The number of rotatable bonds is 6. The van der Waals surface area contributed by atoms with Crippen molar-refractivity contribution in [3.05, 3.63) is 52.0 Å². The van der Waals surface area contributed by atoms with E-state index in [1.807, 2.05) is 19.1 Å². The van der Waals surface area contributed by atoms with Gasteiger partial charge in [0.25, 0.3) is 0 Å². The molecule has 3 rings (SSSR count). The third kappa shape index (κ3) is 4.87. The van der Waals surface area contributed by atoms with Crippen LogP contribution in [0.25, 0.3) is 0 Å². The molecule has 29 heavy (non-hydrogen) atoms. The topological polar surface area (TPSA) is 83.6 Å². The van der Waals surface area contributed by atoms with Crippen LogP contribution in [-0.2, 0) is 25.8 Å². The molecule has 0 bridgehead atoms. The second kappa shape index (κ2) is 8.67. The summed E-state index contributed by atoms with van der Waals surface area (Å²) >= 11 is 3.37. The zero-order valence-electron chi connectivity index (χ0n) is 16.4. The number of sulfone groups is 1. The molecule has 6 nitrogen and oxygen atoms in total. The minimum absolute atomic E-state index is 0.0271.